The fraction of sp³-hybridized carbons (Fsp3) is 0.538. The molecule has 0 radical (unpaired) electrons. The fourth-order valence-corrected chi connectivity index (χ4v) is 1.98. The van der Waals surface area contributed by atoms with Crippen LogP contribution in [0.5, 0.6) is 0 Å². The van der Waals surface area contributed by atoms with E-state index < -0.39 is 10.7 Å². The zero-order chi connectivity index (χ0) is 13.7. The van der Waals surface area contributed by atoms with Crippen molar-refractivity contribution < 1.29 is 9.31 Å². The van der Waals surface area contributed by atoms with Crippen LogP contribution >= 0.6 is 0 Å². The minimum absolute atomic E-state index is 0.0897. The summed E-state index contributed by atoms with van der Waals surface area (Å²) in [4.78, 5) is 10.3. The standard InChI is InChI=1S/C13H19FN2O2/c1-9(2)6-10(3)8-15-12-7-11(14)4-5-13(12)16(17)18/h4-5,7,9-10,15H,6,8H2,1-3H3. The molecule has 0 aliphatic carbocycles. The smallest absolute Gasteiger partial charge is 0.292 e. The Kier molecular flexibility index (Phi) is 5.07. The molecule has 0 saturated heterocycles. The third kappa shape index (κ3) is 4.31. The summed E-state index contributed by atoms with van der Waals surface area (Å²) in [7, 11) is 0. The van der Waals surface area contributed by atoms with Gasteiger partial charge in [-0.15, -0.1) is 0 Å². The van der Waals surface area contributed by atoms with E-state index in [4.69, 9.17) is 0 Å². The van der Waals surface area contributed by atoms with Crippen LogP contribution in [0.2, 0.25) is 0 Å². The Balaban J connectivity index is 2.71. The average molecular weight is 254 g/mol. The number of hydrogen-bond donors (Lipinski definition) is 1. The highest BCUT2D eigenvalue weighted by molar-refractivity contribution is 5.61. The van der Waals surface area contributed by atoms with Gasteiger partial charge in [0.1, 0.15) is 11.5 Å². The Hall–Kier alpha value is -1.65. The van der Waals surface area contributed by atoms with E-state index in [0.29, 0.717) is 18.4 Å². The number of rotatable bonds is 6. The van der Waals surface area contributed by atoms with Gasteiger partial charge in [-0.1, -0.05) is 20.8 Å². The second kappa shape index (κ2) is 6.33. The van der Waals surface area contributed by atoms with Crippen molar-refractivity contribution in [1.29, 1.82) is 0 Å². The van der Waals surface area contributed by atoms with Crippen LogP contribution in [0.25, 0.3) is 0 Å². The molecule has 0 bridgehead atoms. The lowest BCUT2D eigenvalue weighted by Gasteiger charge is -2.15. The van der Waals surface area contributed by atoms with Crippen LogP contribution in [0.15, 0.2) is 18.2 Å². The van der Waals surface area contributed by atoms with Gasteiger partial charge in [0.2, 0.25) is 0 Å². The third-order valence-corrected chi connectivity index (χ3v) is 2.67. The molecule has 5 heteroatoms. The van der Waals surface area contributed by atoms with Gasteiger partial charge >= 0.3 is 0 Å². The van der Waals surface area contributed by atoms with Crippen molar-refractivity contribution in [3.63, 3.8) is 0 Å². The van der Waals surface area contributed by atoms with Crippen LogP contribution in [0.1, 0.15) is 27.2 Å². The maximum Gasteiger partial charge on any atom is 0.292 e. The molecule has 0 saturated carbocycles. The first kappa shape index (κ1) is 14.4. The number of benzene rings is 1. The number of nitrogens with zero attached hydrogens (tertiary/aromatic N) is 1. The van der Waals surface area contributed by atoms with Gasteiger partial charge in [-0.25, -0.2) is 4.39 Å². The normalized spacial score (nSPS) is 12.5. The van der Waals surface area contributed by atoms with Gasteiger partial charge < -0.3 is 5.32 Å². The van der Waals surface area contributed by atoms with Gasteiger partial charge in [-0.2, -0.15) is 0 Å². The molecule has 0 aliphatic rings. The van der Waals surface area contributed by atoms with E-state index in [1.165, 1.54) is 12.1 Å². The topological polar surface area (TPSA) is 55.2 Å². The molecule has 1 aromatic carbocycles. The first-order valence-corrected chi connectivity index (χ1v) is 6.08. The van der Waals surface area contributed by atoms with Crippen molar-refractivity contribution in [3.8, 4) is 0 Å². The quantitative estimate of drug-likeness (QED) is 0.620. The highest BCUT2D eigenvalue weighted by Crippen LogP contribution is 2.25. The van der Waals surface area contributed by atoms with Crippen LogP contribution in [0, 0.1) is 27.8 Å². The highest BCUT2D eigenvalue weighted by Gasteiger charge is 2.15. The third-order valence-electron chi connectivity index (χ3n) is 2.67. The van der Waals surface area contributed by atoms with E-state index in [0.717, 1.165) is 12.5 Å². The summed E-state index contributed by atoms with van der Waals surface area (Å²) < 4.78 is 13.1. The number of nitrogens with one attached hydrogen (secondary N) is 1. The number of halogens is 1. The summed E-state index contributed by atoms with van der Waals surface area (Å²) in [5, 5.41) is 13.8. The van der Waals surface area contributed by atoms with E-state index in [-0.39, 0.29) is 11.4 Å². The first-order valence-electron chi connectivity index (χ1n) is 6.08. The number of hydrogen-bond acceptors (Lipinski definition) is 3. The second-order valence-electron chi connectivity index (χ2n) is 5.03. The Bertz CT molecular complexity index is 421. The zero-order valence-corrected chi connectivity index (χ0v) is 10.9. The molecule has 1 unspecified atom stereocenters. The average Bonchev–Trinajstić information content (AvgIpc) is 2.25. The van der Waals surface area contributed by atoms with Crippen LogP contribution < -0.4 is 5.32 Å². The molecule has 0 amide bonds. The zero-order valence-electron chi connectivity index (χ0n) is 10.9. The molecule has 1 N–H and O–H groups in total. The molecule has 4 nitrogen and oxygen atoms in total. The maximum atomic E-state index is 13.1. The van der Waals surface area contributed by atoms with E-state index in [2.05, 4.69) is 26.1 Å². The molecule has 1 aromatic rings. The van der Waals surface area contributed by atoms with Crippen molar-refractivity contribution in [3.05, 3.63) is 34.1 Å². The minimum atomic E-state index is -0.505. The number of nitro benzene ring substituents is 1. The first-order chi connectivity index (χ1) is 8.40. The summed E-state index contributed by atoms with van der Waals surface area (Å²) in [6.07, 6.45) is 1.02. The summed E-state index contributed by atoms with van der Waals surface area (Å²) in [6.45, 7) is 6.92. The highest BCUT2D eigenvalue weighted by atomic mass is 19.1. The lowest BCUT2D eigenvalue weighted by atomic mass is 9.99. The van der Waals surface area contributed by atoms with Crippen molar-refractivity contribution >= 4 is 11.4 Å². The fourth-order valence-electron chi connectivity index (χ4n) is 1.98. The molecule has 1 atom stereocenters. The molecular weight excluding hydrogens is 235 g/mol. The van der Waals surface area contributed by atoms with Gasteiger partial charge in [-0.3, -0.25) is 10.1 Å². The summed E-state index contributed by atoms with van der Waals surface area (Å²) in [5.41, 5.74) is 0.156. The molecule has 100 valence electrons. The summed E-state index contributed by atoms with van der Waals surface area (Å²) >= 11 is 0. The Labute approximate surface area is 106 Å². The van der Waals surface area contributed by atoms with Crippen molar-refractivity contribution in [2.75, 3.05) is 11.9 Å². The van der Waals surface area contributed by atoms with Crippen LogP contribution in [-0.4, -0.2) is 11.5 Å². The molecule has 1 rings (SSSR count). The maximum absolute atomic E-state index is 13.1. The Morgan fingerprint density at radius 1 is 1.39 bits per heavy atom. The van der Waals surface area contributed by atoms with Crippen LogP contribution in [-0.2, 0) is 0 Å². The number of anilines is 1. The van der Waals surface area contributed by atoms with Gasteiger partial charge in [0.15, 0.2) is 0 Å². The number of nitro groups is 1. The predicted octanol–water partition coefficient (Wildman–Crippen LogP) is 3.83. The monoisotopic (exact) mass is 254 g/mol. The van der Waals surface area contributed by atoms with E-state index >= 15 is 0 Å². The molecule has 0 spiro atoms. The second-order valence-corrected chi connectivity index (χ2v) is 5.03. The summed E-state index contributed by atoms with van der Waals surface area (Å²) in [5.74, 6) is 0.483. The predicted molar refractivity (Wildman–Crippen MR) is 70.2 cm³/mol. The van der Waals surface area contributed by atoms with Crippen molar-refractivity contribution in [2.24, 2.45) is 11.8 Å². The Morgan fingerprint density at radius 3 is 2.61 bits per heavy atom. The van der Waals surface area contributed by atoms with Gasteiger partial charge in [0.25, 0.3) is 5.69 Å². The molecular formula is C13H19FN2O2. The molecule has 0 aromatic heterocycles. The summed E-state index contributed by atoms with van der Waals surface area (Å²) in [6, 6.07) is 3.45. The molecule has 18 heavy (non-hydrogen) atoms. The van der Waals surface area contributed by atoms with Crippen molar-refractivity contribution in [1.82, 2.24) is 0 Å². The van der Waals surface area contributed by atoms with E-state index in [1.54, 1.807) is 0 Å². The van der Waals surface area contributed by atoms with E-state index in [1.807, 2.05) is 0 Å². The van der Waals surface area contributed by atoms with Crippen LogP contribution in [0.3, 0.4) is 0 Å². The molecule has 0 heterocycles. The lowest BCUT2D eigenvalue weighted by molar-refractivity contribution is -0.384. The molecule has 0 aliphatic heterocycles. The van der Waals surface area contributed by atoms with Gasteiger partial charge in [0, 0.05) is 18.7 Å². The largest absolute Gasteiger partial charge is 0.379 e. The van der Waals surface area contributed by atoms with Gasteiger partial charge in [0.05, 0.1) is 4.92 Å². The van der Waals surface area contributed by atoms with Crippen LogP contribution in [0.4, 0.5) is 15.8 Å². The lowest BCUT2D eigenvalue weighted by Crippen LogP contribution is -2.14. The van der Waals surface area contributed by atoms with Crippen molar-refractivity contribution in [2.45, 2.75) is 27.2 Å². The Morgan fingerprint density at radius 2 is 2.06 bits per heavy atom. The molecule has 0 fully saturated rings. The minimum Gasteiger partial charge on any atom is -0.379 e. The SMILES string of the molecule is CC(C)CC(C)CNc1cc(F)ccc1[N+](=O)[O-]. The van der Waals surface area contributed by atoms with E-state index in [9.17, 15) is 14.5 Å². The van der Waals surface area contributed by atoms with Gasteiger partial charge in [-0.05, 0) is 24.3 Å².